The molecule has 0 saturated heterocycles. The van der Waals surface area contributed by atoms with Gasteiger partial charge < -0.3 is 4.57 Å². The van der Waals surface area contributed by atoms with Gasteiger partial charge in [0, 0.05) is 17.1 Å². The molecule has 3 aromatic rings. The molecule has 26 heavy (non-hydrogen) atoms. The molecule has 0 fully saturated rings. The Morgan fingerprint density at radius 1 is 0.962 bits per heavy atom. The minimum atomic E-state index is 0.548. The van der Waals surface area contributed by atoms with E-state index < -0.39 is 0 Å². The van der Waals surface area contributed by atoms with Crippen molar-refractivity contribution < 1.29 is 0 Å². The molecule has 0 amide bonds. The lowest BCUT2D eigenvalue weighted by atomic mass is 10.0. The van der Waals surface area contributed by atoms with Crippen molar-refractivity contribution in [3.63, 3.8) is 0 Å². The lowest BCUT2D eigenvalue weighted by molar-refractivity contribution is 0.954. The number of para-hydroxylation sites is 1. The SMILES string of the molecule is Cc1ccccc1-n1c(C)cc(/C=C(/C#N)c2cccc(C#N)c2)c1C. The highest BCUT2D eigenvalue weighted by atomic mass is 15.0. The molecule has 0 aliphatic rings. The summed E-state index contributed by atoms with van der Waals surface area (Å²) in [7, 11) is 0. The maximum absolute atomic E-state index is 9.62. The number of hydrogen-bond donors (Lipinski definition) is 0. The van der Waals surface area contributed by atoms with Crippen molar-refractivity contribution >= 4 is 11.6 Å². The Morgan fingerprint density at radius 2 is 1.73 bits per heavy atom. The third-order valence-corrected chi connectivity index (χ3v) is 4.55. The van der Waals surface area contributed by atoms with Crippen LogP contribution in [-0.4, -0.2) is 4.57 Å². The van der Waals surface area contributed by atoms with Gasteiger partial charge in [0.2, 0.25) is 0 Å². The predicted octanol–water partition coefficient (Wildman–Crippen LogP) is 5.34. The summed E-state index contributed by atoms with van der Waals surface area (Å²) in [5.74, 6) is 0. The van der Waals surface area contributed by atoms with Crippen LogP contribution in [0, 0.1) is 43.4 Å². The van der Waals surface area contributed by atoms with E-state index in [1.807, 2.05) is 24.3 Å². The molecule has 126 valence electrons. The van der Waals surface area contributed by atoms with Gasteiger partial charge in [-0.3, -0.25) is 0 Å². The topological polar surface area (TPSA) is 52.5 Å². The van der Waals surface area contributed by atoms with Crippen LogP contribution in [0.4, 0.5) is 0 Å². The van der Waals surface area contributed by atoms with Gasteiger partial charge in [-0.1, -0.05) is 30.3 Å². The van der Waals surface area contributed by atoms with E-state index in [1.54, 1.807) is 18.2 Å². The number of nitrogens with zero attached hydrogens (tertiary/aromatic N) is 3. The zero-order valence-corrected chi connectivity index (χ0v) is 15.1. The summed E-state index contributed by atoms with van der Waals surface area (Å²) in [5.41, 5.74) is 7.41. The van der Waals surface area contributed by atoms with E-state index in [2.05, 4.69) is 55.7 Å². The maximum Gasteiger partial charge on any atom is 0.0998 e. The number of hydrogen-bond acceptors (Lipinski definition) is 2. The van der Waals surface area contributed by atoms with Gasteiger partial charge in [-0.05, 0) is 67.8 Å². The number of allylic oxidation sites excluding steroid dienone is 1. The molecule has 0 spiro atoms. The Morgan fingerprint density at radius 3 is 2.42 bits per heavy atom. The first-order valence-corrected chi connectivity index (χ1v) is 8.42. The standard InChI is InChI=1S/C23H19N3/c1-16-7-4-5-10-23(16)26-17(2)11-21(18(26)3)13-22(15-25)20-9-6-8-19(12-20)14-24/h4-13H,1-3H3/b22-13-. The molecule has 0 aliphatic heterocycles. The van der Waals surface area contributed by atoms with Gasteiger partial charge in [-0.25, -0.2) is 0 Å². The van der Waals surface area contributed by atoms with Crippen molar-refractivity contribution in [2.24, 2.45) is 0 Å². The minimum Gasteiger partial charge on any atom is -0.318 e. The van der Waals surface area contributed by atoms with Gasteiger partial charge in [0.1, 0.15) is 0 Å². The van der Waals surface area contributed by atoms with Crippen LogP contribution in [0.25, 0.3) is 17.3 Å². The van der Waals surface area contributed by atoms with Crippen molar-refractivity contribution in [3.8, 4) is 17.8 Å². The fraction of sp³-hybridized carbons (Fsp3) is 0.130. The predicted molar refractivity (Wildman–Crippen MR) is 105 cm³/mol. The molecule has 0 bridgehead atoms. The van der Waals surface area contributed by atoms with Crippen LogP contribution >= 0.6 is 0 Å². The van der Waals surface area contributed by atoms with Gasteiger partial charge in [0.15, 0.2) is 0 Å². The van der Waals surface area contributed by atoms with Crippen molar-refractivity contribution in [1.82, 2.24) is 4.57 Å². The molecule has 0 saturated carbocycles. The largest absolute Gasteiger partial charge is 0.318 e. The molecule has 3 heteroatoms. The normalized spacial score (nSPS) is 11.0. The van der Waals surface area contributed by atoms with Crippen molar-refractivity contribution in [2.45, 2.75) is 20.8 Å². The first kappa shape index (κ1) is 17.3. The van der Waals surface area contributed by atoms with E-state index >= 15 is 0 Å². The molecule has 3 nitrogen and oxygen atoms in total. The Bertz CT molecular complexity index is 1090. The second kappa shape index (κ2) is 7.13. The average molecular weight is 337 g/mol. The summed E-state index contributed by atoms with van der Waals surface area (Å²) in [4.78, 5) is 0. The number of benzene rings is 2. The number of rotatable bonds is 3. The first-order chi connectivity index (χ1) is 12.5. The lowest BCUT2D eigenvalue weighted by Crippen LogP contribution is -2.01. The van der Waals surface area contributed by atoms with E-state index in [-0.39, 0.29) is 0 Å². The second-order valence-electron chi connectivity index (χ2n) is 6.31. The molecule has 3 rings (SSSR count). The minimum absolute atomic E-state index is 0.548. The molecule has 1 aromatic heterocycles. The van der Waals surface area contributed by atoms with E-state index in [0.717, 1.165) is 28.2 Å². The molecule has 0 N–H and O–H groups in total. The number of aromatic nitrogens is 1. The molecule has 0 aliphatic carbocycles. The summed E-state index contributed by atoms with van der Waals surface area (Å²) in [6.07, 6.45) is 1.90. The van der Waals surface area contributed by atoms with E-state index in [4.69, 9.17) is 5.26 Å². The van der Waals surface area contributed by atoms with Crippen LogP contribution in [0.1, 0.15) is 33.6 Å². The van der Waals surface area contributed by atoms with E-state index in [1.165, 1.54) is 5.56 Å². The Hall–Kier alpha value is -3.56. The highest BCUT2D eigenvalue weighted by molar-refractivity contribution is 5.90. The zero-order chi connectivity index (χ0) is 18.7. The number of aryl methyl sites for hydroxylation is 2. The van der Waals surface area contributed by atoms with Crippen LogP contribution in [-0.2, 0) is 0 Å². The third-order valence-electron chi connectivity index (χ3n) is 4.55. The van der Waals surface area contributed by atoms with Crippen molar-refractivity contribution in [3.05, 3.63) is 88.2 Å². The van der Waals surface area contributed by atoms with Crippen LogP contribution in [0.2, 0.25) is 0 Å². The van der Waals surface area contributed by atoms with E-state index in [0.29, 0.717) is 11.1 Å². The van der Waals surface area contributed by atoms with Crippen LogP contribution in [0.15, 0.2) is 54.6 Å². The van der Waals surface area contributed by atoms with Gasteiger partial charge in [0.05, 0.1) is 23.3 Å². The van der Waals surface area contributed by atoms with Crippen LogP contribution in [0.3, 0.4) is 0 Å². The molecule has 1 heterocycles. The highest BCUT2D eigenvalue weighted by Gasteiger charge is 2.12. The van der Waals surface area contributed by atoms with Crippen molar-refractivity contribution in [2.75, 3.05) is 0 Å². The Balaban J connectivity index is 2.12. The average Bonchev–Trinajstić information content (AvgIpc) is 2.93. The quantitative estimate of drug-likeness (QED) is 0.606. The molecular weight excluding hydrogens is 318 g/mol. The first-order valence-electron chi connectivity index (χ1n) is 8.42. The molecule has 0 atom stereocenters. The summed E-state index contributed by atoms with van der Waals surface area (Å²) in [6.45, 7) is 6.23. The van der Waals surface area contributed by atoms with E-state index in [9.17, 15) is 5.26 Å². The fourth-order valence-electron chi connectivity index (χ4n) is 3.21. The van der Waals surface area contributed by atoms with Gasteiger partial charge in [0.25, 0.3) is 0 Å². The maximum atomic E-state index is 9.62. The molecule has 0 unspecified atom stereocenters. The lowest BCUT2D eigenvalue weighted by Gasteiger charge is -2.12. The van der Waals surface area contributed by atoms with Gasteiger partial charge in [-0.15, -0.1) is 0 Å². The second-order valence-corrected chi connectivity index (χ2v) is 6.31. The summed E-state index contributed by atoms with van der Waals surface area (Å²) >= 11 is 0. The third kappa shape index (κ3) is 3.16. The van der Waals surface area contributed by atoms with Crippen LogP contribution < -0.4 is 0 Å². The summed E-state index contributed by atoms with van der Waals surface area (Å²) in [6, 6.07) is 21.9. The summed E-state index contributed by atoms with van der Waals surface area (Å²) < 4.78 is 2.21. The molecule has 2 aromatic carbocycles. The highest BCUT2D eigenvalue weighted by Crippen LogP contribution is 2.26. The van der Waals surface area contributed by atoms with Crippen molar-refractivity contribution in [1.29, 1.82) is 10.5 Å². The molecule has 0 radical (unpaired) electrons. The smallest absolute Gasteiger partial charge is 0.0998 e. The zero-order valence-electron chi connectivity index (χ0n) is 15.1. The monoisotopic (exact) mass is 337 g/mol. The Labute approximate surface area is 154 Å². The fourth-order valence-corrected chi connectivity index (χ4v) is 3.21. The van der Waals surface area contributed by atoms with Gasteiger partial charge in [-0.2, -0.15) is 10.5 Å². The summed E-state index contributed by atoms with van der Waals surface area (Å²) in [5, 5.41) is 18.7. The molecular formula is C23H19N3. The Kier molecular flexibility index (Phi) is 4.74. The van der Waals surface area contributed by atoms with Gasteiger partial charge >= 0.3 is 0 Å². The van der Waals surface area contributed by atoms with Crippen LogP contribution in [0.5, 0.6) is 0 Å². The number of nitriles is 2.